The Kier molecular flexibility index (Phi) is 24.0. The van der Waals surface area contributed by atoms with Crippen molar-refractivity contribution in [3.63, 3.8) is 0 Å². The Balaban J connectivity index is 0.000000723. The molecule has 6 aromatic rings. The molecule has 0 amide bonds. The number of rotatable bonds is 12. The summed E-state index contributed by atoms with van der Waals surface area (Å²) in [6.07, 6.45) is 26.6. The van der Waals surface area contributed by atoms with Gasteiger partial charge < -0.3 is 5.73 Å². The summed E-state index contributed by atoms with van der Waals surface area (Å²) < 4.78 is 0. The van der Waals surface area contributed by atoms with Crippen LogP contribution in [-0.2, 0) is 11.8 Å². The van der Waals surface area contributed by atoms with E-state index in [1.807, 2.05) is 83.2 Å². The molecule has 2 unspecified atom stereocenters. The summed E-state index contributed by atoms with van der Waals surface area (Å²) in [4.78, 5) is 0. The quantitative estimate of drug-likeness (QED) is 0.0962. The summed E-state index contributed by atoms with van der Waals surface area (Å²) in [5.74, 6) is 0. The summed E-state index contributed by atoms with van der Waals surface area (Å²) in [7, 11) is 0. The van der Waals surface area contributed by atoms with Gasteiger partial charge in [-0.1, -0.05) is 261 Å². The van der Waals surface area contributed by atoms with Crippen LogP contribution in [0.15, 0.2) is 250 Å². The number of nitrogens with two attached hydrogens (primary N) is 1. The Morgan fingerprint density at radius 1 is 0.682 bits per heavy atom. The lowest BCUT2D eigenvalue weighted by molar-refractivity contribution is 0.623. The molecule has 0 fully saturated rings. The lowest BCUT2D eigenvalue weighted by atomic mass is 9.65. The molecule has 66 heavy (non-hydrogen) atoms. The molecular weight excluding hydrogens is 795 g/mol. The molecule has 0 aliphatic heterocycles. The summed E-state index contributed by atoms with van der Waals surface area (Å²) in [6, 6.07) is 51.3. The van der Waals surface area contributed by atoms with Crippen molar-refractivity contribution in [2.75, 3.05) is 0 Å². The van der Waals surface area contributed by atoms with Gasteiger partial charge in [0.1, 0.15) is 0 Å². The van der Waals surface area contributed by atoms with E-state index in [1.165, 1.54) is 38.6 Å². The van der Waals surface area contributed by atoms with Crippen molar-refractivity contribution in [1.29, 1.82) is 0 Å². The summed E-state index contributed by atoms with van der Waals surface area (Å²) in [5.41, 5.74) is 19.0. The largest absolute Gasteiger partial charge is 0.320 e. The molecule has 0 aromatic heterocycles. The molecule has 1 aliphatic carbocycles. The summed E-state index contributed by atoms with van der Waals surface area (Å²) >= 11 is 0. The fourth-order valence-electron chi connectivity index (χ4n) is 7.84. The van der Waals surface area contributed by atoms with E-state index in [1.54, 1.807) is 12.2 Å². The van der Waals surface area contributed by atoms with Crippen molar-refractivity contribution >= 4 is 16.3 Å². The Bertz CT molecular complexity index is 2580. The van der Waals surface area contributed by atoms with Gasteiger partial charge in [0.05, 0.1) is 6.04 Å². The van der Waals surface area contributed by atoms with Crippen molar-refractivity contribution in [3.05, 3.63) is 283 Å². The highest BCUT2D eigenvalue weighted by atomic mass is 14.6. The second kappa shape index (κ2) is 29.6. The third-order valence-electron chi connectivity index (χ3n) is 11.1. The molecule has 0 bridgehead atoms. The number of unbranched alkanes of at least 4 members (excludes halogenated alkanes) is 1. The molecule has 2 atom stereocenters. The van der Waals surface area contributed by atoms with Gasteiger partial charge in [-0.3, -0.25) is 0 Å². The lowest BCUT2D eigenvalue weighted by Crippen LogP contribution is -2.30. The number of aryl methyl sites for hydroxylation is 1. The second-order valence-electron chi connectivity index (χ2n) is 15.6. The van der Waals surface area contributed by atoms with Crippen LogP contribution in [0.3, 0.4) is 0 Å². The van der Waals surface area contributed by atoms with Gasteiger partial charge in [-0.2, -0.15) is 0 Å². The highest BCUT2D eigenvalue weighted by Gasteiger charge is 2.37. The van der Waals surface area contributed by atoms with Gasteiger partial charge in [0.2, 0.25) is 0 Å². The molecule has 340 valence electrons. The number of hydrogen-bond acceptors (Lipinski definition) is 1. The second-order valence-corrected chi connectivity index (χ2v) is 15.6. The standard InChI is InChI=1S/C51H49N.C7H8.C3H6.2C2H6/c1-5-7-9-10-17-32-51(38(3)21-12-8-6-2)39(4)22-18-27-45(36-48-35-41-25-15-16-26-46(41)37-49(48)51)43-29-19-28-42(33-43)44-30-20-31-47(34-44)50(52)40-23-13-11-14-24-40;1-7-5-3-2-4-6-7;1-3-2;2*1-2/h5,7,9-31,33-35,37,50H,1,3-4,6,8,32,36,52H2,2H3;2-6H,1H3;3H,1H2,2H3;2*1-2H3/b9-7-,17-10-,21-12-,22-18-,45-27+;;;;. The van der Waals surface area contributed by atoms with Crippen LogP contribution >= 0.6 is 0 Å². The van der Waals surface area contributed by atoms with Crippen LogP contribution in [0.4, 0.5) is 0 Å². The van der Waals surface area contributed by atoms with Crippen molar-refractivity contribution in [2.45, 2.75) is 85.6 Å². The first-order chi connectivity index (χ1) is 32.2. The number of hydrogen-bond donors (Lipinski definition) is 1. The number of allylic oxidation sites excluding steroid dienone is 14. The Hall–Kier alpha value is -6.80. The van der Waals surface area contributed by atoms with Crippen LogP contribution in [0.1, 0.15) is 100 Å². The Morgan fingerprint density at radius 2 is 1.26 bits per heavy atom. The van der Waals surface area contributed by atoms with Gasteiger partial charge in [0.25, 0.3) is 0 Å². The molecule has 2 N–H and O–H groups in total. The molecule has 6 aromatic carbocycles. The third kappa shape index (κ3) is 15.2. The van der Waals surface area contributed by atoms with Crippen molar-refractivity contribution in [1.82, 2.24) is 0 Å². The van der Waals surface area contributed by atoms with E-state index < -0.39 is 5.41 Å². The predicted octanol–water partition coefficient (Wildman–Crippen LogP) is 18.4. The van der Waals surface area contributed by atoms with Crippen molar-refractivity contribution in [3.8, 4) is 11.1 Å². The Morgan fingerprint density at radius 3 is 1.88 bits per heavy atom. The molecule has 1 heteroatoms. The summed E-state index contributed by atoms with van der Waals surface area (Å²) in [5, 5.41) is 2.44. The minimum Gasteiger partial charge on any atom is -0.320 e. The molecular formula is C65H75N. The lowest BCUT2D eigenvalue weighted by Gasteiger charge is -2.38. The number of fused-ring (bicyclic) bond motifs is 2. The highest BCUT2D eigenvalue weighted by molar-refractivity contribution is 5.86. The average Bonchev–Trinajstić information content (AvgIpc) is 3.42. The first kappa shape index (κ1) is 53.5. The maximum atomic E-state index is 6.74. The first-order valence-corrected chi connectivity index (χ1v) is 23.7. The van der Waals surface area contributed by atoms with E-state index in [2.05, 4.69) is 179 Å². The highest BCUT2D eigenvalue weighted by Crippen LogP contribution is 2.47. The first-order valence-electron chi connectivity index (χ1n) is 23.7. The minimum atomic E-state index is -0.540. The smallest absolute Gasteiger partial charge is 0.0551 e. The van der Waals surface area contributed by atoms with E-state index in [-0.39, 0.29) is 6.04 Å². The predicted molar refractivity (Wildman–Crippen MR) is 296 cm³/mol. The average molecular weight is 870 g/mol. The van der Waals surface area contributed by atoms with Crippen LogP contribution in [0.5, 0.6) is 0 Å². The van der Waals surface area contributed by atoms with Gasteiger partial charge in [-0.25, -0.2) is 0 Å². The summed E-state index contributed by atoms with van der Waals surface area (Å²) in [6.45, 7) is 30.9. The Labute approximate surface area is 400 Å². The zero-order valence-electron chi connectivity index (χ0n) is 41.0. The van der Waals surface area contributed by atoms with E-state index >= 15 is 0 Å². The maximum absolute atomic E-state index is 6.74. The van der Waals surface area contributed by atoms with Crippen LogP contribution in [0, 0.1) is 6.92 Å². The van der Waals surface area contributed by atoms with Crippen molar-refractivity contribution < 1.29 is 0 Å². The molecule has 0 heterocycles. The molecule has 1 nitrogen and oxygen atoms in total. The van der Waals surface area contributed by atoms with Gasteiger partial charge in [-0.05, 0) is 118 Å². The molecule has 0 radical (unpaired) electrons. The molecule has 7 rings (SSSR count). The maximum Gasteiger partial charge on any atom is 0.0551 e. The molecule has 0 saturated heterocycles. The monoisotopic (exact) mass is 870 g/mol. The van der Waals surface area contributed by atoms with Gasteiger partial charge >= 0.3 is 0 Å². The van der Waals surface area contributed by atoms with Gasteiger partial charge in [0, 0.05) is 5.41 Å². The SMILES string of the molecule is C=C/C=C\C=C/CC1(C(=C)/C=C\CCC)C(=C)/C=C\C=C(\c2cccc(-c3cccc(C(N)c4ccccc4)c3)c2)Cc2cc3ccccc3cc21.C=CC.CC.CC.Cc1ccccc1. The van der Waals surface area contributed by atoms with Crippen LogP contribution in [-0.4, -0.2) is 0 Å². The molecule has 1 aliphatic rings. The molecule has 0 saturated carbocycles. The van der Waals surface area contributed by atoms with E-state index in [4.69, 9.17) is 18.9 Å². The van der Waals surface area contributed by atoms with E-state index in [0.717, 1.165) is 59.1 Å². The topological polar surface area (TPSA) is 26.0 Å². The van der Waals surface area contributed by atoms with Crippen molar-refractivity contribution in [2.24, 2.45) is 5.73 Å². The fraction of sp³-hybridized carbons (Fsp3) is 0.200. The van der Waals surface area contributed by atoms with Crippen LogP contribution < -0.4 is 5.73 Å². The molecule has 0 spiro atoms. The zero-order chi connectivity index (χ0) is 48.2. The van der Waals surface area contributed by atoms with Gasteiger partial charge in [-0.15, -0.1) is 6.58 Å². The third-order valence-corrected chi connectivity index (χ3v) is 11.1. The van der Waals surface area contributed by atoms with E-state index in [9.17, 15) is 0 Å². The normalized spacial score (nSPS) is 15.8. The zero-order valence-corrected chi connectivity index (χ0v) is 41.0. The fourth-order valence-corrected chi connectivity index (χ4v) is 7.84. The number of benzene rings is 6. The van der Waals surface area contributed by atoms with Crippen LogP contribution in [0.2, 0.25) is 0 Å². The minimum absolute atomic E-state index is 0.189. The van der Waals surface area contributed by atoms with Gasteiger partial charge in [0.15, 0.2) is 0 Å². The van der Waals surface area contributed by atoms with Crippen LogP contribution in [0.25, 0.3) is 27.5 Å². The van der Waals surface area contributed by atoms with E-state index in [0.29, 0.717) is 0 Å².